The molecule has 0 heterocycles. The van der Waals surface area contributed by atoms with Crippen LogP contribution in [-0.2, 0) is 30.4 Å². The highest BCUT2D eigenvalue weighted by atomic mass is 16.4. The maximum absolute atomic E-state index is 12.6. The van der Waals surface area contributed by atoms with Gasteiger partial charge in [0.25, 0.3) is 0 Å². The van der Waals surface area contributed by atoms with Crippen LogP contribution in [0.3, 0.4) is 0 Å². The molecule has 0 aliphatic heterocycles. The second kappa shape index (κ2) is 13.8. The number of carbonyl (C=O) groups excluding carboxylic acids is 3. The largest absolute Gasteiger partial charge is 0.481 e. The van der Waals surface area contributed by atoms with E-state index in [2.05, 4.69) is 16.0 Å². The normalized spacial score (nSPS) is 13.5. The van der Waals surface area contributed by atoms with E-state index in [0.717, 1.165) is 5.56 Å². The first kappa shape index (κ1) is 27.6. The predicted molar refractivity (Wildman–Crippen MR) is 119 cm³/mol. The summed E-state index contributed by atoms with van der Waals surface area (Å²) in [4.78, 5) is 59.0. The Hall–Kier alpha value is -3.47. The molecule has 7 N–H and O–H groups in total. The van der Waals surface area contributed by atoms with E-state index in [1.807, 2.05) is 44.2 Å². The monoisotopic (exact) mass is 464 g/mol. The van der Waals surface area contributed by atoms with E-state index in [1.54, 1.807) is 0 Å². The quantitative estimate of drug-likeness (QED) is 0.215. The molecule has 182 valence electrons. The lowest BCUT2D eigenvalue weighted by Crippen LogP contribution is -2.54. The second-order valence-electron chi connectivity index (χ2n) is 8.10. The molecule has 0 aliphatic rings. The van der Waals surface area contributed by atoms with Crippen molar-refractivity contribution in [1.29, 1.82) is 0 Å². The number of hydrogen-bond acceptors (Lipinski definition) is 6. The molecule has 0 spiro atoms. The van der Waals surface area contributed by atoms with E-state index in [9.17, 15) is 24.0 Å². The van der Waals surface area contributed by atoms with Gasteiger partial charge in [0.05, 0.1) is 12.6 Å². The highest BCUT2D eigenvalue weighted by Gasteiger charge is 2.26. The van der Waals surface area contributed by atoms with Gasteiger partial charge in [0.15, 0.2) is 0 Å². The molecule has 1 aromatic rings. The summed E-state index contributed by atoms with van der Waals surface area (Å²) < 4.78 is 0. The summed E-state index contributed by atoms with van der Waals surface area (Å²) in [6, 6.07) is 5.98. The van der Waals surface area contributed by atoms with Crippen LogP contribution < -0.4 is 21.7 Å². The van der Waals surface area contributed by atoms with Crippen molar-refractivity contribution in [2.24, 2.45) is 11.7 Å². The minimum Gasteiger partial charge on any atom is -0.481 e. The Balaban J connectivity index is 2.65. The van der Waals surface area contributed by atoms with Crippen molar-refractivity contribution in [2.75, 3.05) is 6.54 Å². The number of aliphatic carboxylic acids is 2. The Morgan fingerprint density at radius 3 is 2.12 bits per heavy atom. The van der Waals surface area contributed by atoms with E-state index < -0.39 is 60.8 Å². The molecule has 1 rings (SSSR count). The molecule has 3 atom stereocenters. The Labute approximate surface area is 192 Å². The summed E-state index contributed by atoms with van der Waals surface area (Å²) in [6.45, 7) is 3.20. The van der Waals surface area contributed by atoms with Gasteiger partial charge < -0.3 is 31.9 Å². The van der Waals surface area contributed by atoms with Crippen molar-refractivity contribution in [1.82, 2.24) is 16.0 Å². The van der Waals surface area contributed by atoms with Crippen LogP contribution in [-0.4, -0.2) is 64.5 Å². The minimum atomic E-state index is -1.40. The van der Waals surface area contributed by atoms with Crippen LogP contribution in [0, 0.1) is 5.92 Å². The van der Waals surface area contributed by atoms with Gasteiger partial charge in [-0.1, -0.05) is 44.2 Å². The van der Waals surface area contributed by atoms with E-state index in [0.29, 0.717) is 6.42 Å². The highest BCUT2D eigenvalue weighted by Crippen LogP contribution is 2.07. The molecular formula is C22H32N4O7. The number of carbonyl (C=O) groups is 5. The number of amides is 3. The van der Waals surface area contributed by atoms with E-state index in [4.69, 9.17) is 15.9 Å². The van der Waals surface area contributed by atoms with Gasteiger partial charge in [-0.2, -0.15) is 0 Å². The minimum absolute atomic E-state index is 0.0487. The van der Waals surface area contributed by atoms with Gasteiger partial charge >= 0.3 is 11.9 Å². The van der Waals surface area contributed by atoms with Crippen molar-refractivity contribution >= 4 is 29.7 Å². The van der Waals surface area contributed by atoms with Crippen LogP contribution in [0.1, 0.15) is 38.7 Å². The van der Waals surface area contributed by atoms with Crippen LogP contribution >= 0.6 is 0 Å². The number of carboxylic acid groups (broad SMARTS) is 2. The molecule has 0 saturated heterocycles. The van der Waals surface area contributed by atoms with Crippen molar-refractivity contribution in [3.05, 3.63) is 35.9 Å². The third kappa shape index (κ3) is 11.1. The van der Waals surface area contributed by atoms with Crippen LogP contribution in [0.5, 0.6) is 0 Å². The Bertz CT molecular complexity index is 829. The van der Waals surface area contributed by atoms with Crippen molar-refractivity contribution in [3.63, 3.8) is 0 Å². The third-order valence-electron chi connectivity index (χ3n) is 4.68. The first-order valence-electron chi connectivity index (χ1n) is 10.6. The fourth-order valence-electron chi connectivity index (χ4n) is 3.00. The molecular weight excluding hydrogens is 432 g/mol. The van der Waals surface area contributed by atoms with Gasteiger partial charge in [-0.3, -0.25) is 19.2 Å². The number of nitrogens with one attached hydrogen (secondary N) is 3. The van der Waals surface area contributed by atoms with E-state index >= 15 is 0 Å². The fraction of sp³-hybridized carbons (Fsp3) is 0.500. The Morgan fingerprint density at radius 1 is 0.939 bits per heavy atom. The number of carboxylic acids is 2. The van der Waals surface area contributed by atoms with Crippen molar-refractivity contribution in [2.45, 2.75) is 57.7 Å². The zero-order valence-corrected chi connectivity index (χ0v) is 18.7. The summed E-state index contributed by atoms with van der Waals surface area (Å²) in [5, 5.41) is 24.9. The molecule has 33 heavy (non-hydrogen) atoms. The molecule has 3 unspecified atom stereocenters. The SMILES string of the molecule is CC(C)CC(NC(=O)C(N)Cc1ccccc1)C(=O)NCC(=O)NC(CCC(=O)O)C(=O)O. The molecule has 11 heteroatoms. The first-order chi connectivity index (χ1) is 15.5. The smallest absolute Gasteiger partial charge is 0.326 e. The third-order valence-corrected chi connectivity index (χ3v) is 4.68. The molecule has 1 aromatic carbocycles. The molecule has 0 saturated carbocycles. The number of rotatable bonds is 14. The summed E-state index contributed by atoms with van der Waals surface area (Å²) >= 11 is 0. The van der Waals surface area contributed by atoms with Gasteiger partial charge in [0.2, 0.25) is 17.7 Å². The average Bonchev–Trinajstić information content (AvgIpc) is 2.74. The van der Waals surface area contributed by atoms with Crippen LogP contribution in [0.25, 0.3) is 0 Å². The average molecular weight is 465 g/mol. The summed E-state index contributed by atoms with van der Waals surface area (Å²) in [5.41, 5.74) is 6.85. The Morgan fingerprint density at radius 2 is 1.58 bits per heavy atom. The van der Waals surface area contributed by atoms with Gasteiger partial charge in [-0.05, 0) is 30.7 Å². The molecule has 0 bridgehead atoms. The lowest BCUT2D eigenvalue weighted by Gasteiger charge is -2.22. The molecule has 0 aliphatic carbocycles. The topological polar surface area (TPSA) is 188 Å². The number of nitrogens with two attached hydrogens (primary N) is 1. The van der Waals surface area contributed by atoms with E-state index in [1.165, 1.54) is 0 Å². The van der Waals surface area contributed by atoms with Crippen LogP contribution in [0.15, 0.2) is 30.3 Å². The summed E-state index contributed by atoms with van der Waals surface area (Å²) in [5.74, 6) is -4.45. The standard InChI is InChI=1S/C22H32N4O7/c1-13(2)10-17(26-20(30)15(23)11-14-6-4-3-5-7-14)21(31)24-12-18(27)25-16(22(32)33)8-9-19(28)29/h3-7,13,15-17H,8-12,23H2,1-2H3,(H,24,31)(H,25,27)(H,26,30)(H,28,29)(H,32,33). The zero-order valence-electron chi connectivity index (χ0n) is 18.7. The Kier molecular flexibility index (Phi) is 11.6. The molecule has 3 amide bonds. The maximum Gasteiger partial charge on any atom is 0.326 e. The van der Waals surface area contributed by atoms with Crippen LogP contribution in [0.4, 0.5) is 0 Å². The lowest BCUT2D eigenvalue weighted by atomic mass is 10.0. The molecule has 0 fully saturated rings. The van der Waals surface area contributed by atoms with E-state index in [-0.39, 0.29) is 18.8 Å². The first-order valence-corrected chi connectivity index (χ1v) is 10.6. The van der Waals surface area contributed by atoms with Gasteiger partial charge in [0.1, 0.15) is 12.1 Å². The van der Waals surface area contributed by atoms with Gasteiger partial charge in [0, 0.05) is 6.42 Å². The second-order valence-corrected chi connectivity index (χ2v) is 8.10. The zero-order chi connectivity index (χ0) is 25.0. The lowest BCUT2D eigenvalue weighted by molar-refractivity contribution is -0.143. The van der Waals surface area contributed by atoms with Gasteiger partial charge in [-0.15, -0.1) is 0 Å². The molecule has 11 nitrogen and oxygen atoms in total. The summed E-state index contributed by atoms with van der Waals surface area (Å²) in [7, 11) is 0. The number of hydrogen-bond donors (Lipinski definition) is 6. The number of benzene rings is 1. The predicted octanol–water partition coefficient (Wildman–Crippen LogP) is -0.362. The molecule has 0 aromatic heterocycles. The maximum atomic E-state index is 12.6. The summed E-state index contributed by atoms with van der Waals surface area (Å²) in [6.07, 6.45) is -0.142. The van der Waals surface area contributed by atoms with Crippen molar-refractivity contribution in [3.8, 4) is 0 Å². The van der Waals surface area contributed by atoms with Crippen LogP contribution in [0.2, 0.25) is 0 Å². The van der Waals surface area contributed by atoms with Crippen molar-refractivity contribution < 1.29 is 34.2 Å². The highest BCUT2D eigenvalue weighted by molar-refractivity contribution is 5.92. The fourth-order valence-corrected chi connectivity index (χ4v) is 3.00. The van der Waals surface area contributed by atoms with Gasteiger partial charge in [-0.25, -0.2) is 4.79 Å². The molecule has 0 radical (unpaired) electrons.